The number of hydrogen-bond acceptors (Lipinski definition) is 4. The summed E-state index contributed by atoms with van der Waals surface area (Å²) in [5.74, 6) is 0. The fourth-order valence-electron chi connectivity index (χ4n) is 16.3. The third-order valence-electron chi connectivity index (χ3n) is 20.2. The first kappa shape index (κ1) is 46.4. The first-order valence-corrected chi connectivity index (χ1v) is 29.1. The molecule has 0 fully saturated rings. The summed E-state index contributed by atoms with van der Waals surface area (Å²) in [5, 5.41) is 6.88. The average molecular weight is 1060 g/mol. The number of para-hydroxylation sites is 3. The van der Waals surface area contributed by atoms with Crippen molar-refractivity contribution >= 4 is 82.9 Å². The highest BCUT2D eigenvalue weighted by Crippen LogP contribution is 2.64. The summed E-state index contributed by atoms with van der Waals surface area (Å²) in [4.78, 5) is 2.49. The van der Waals surface area contributed by atoms with Crippen LogP contribution in [-0.4, -0.2) is 0 Å². The Bertz CT molecular complexity index is 5240. The van der Waals surface area contributed by atoms with Gasteiger partial charge in [-0.3, -0.25) is 0 Å². The van der Waals surface area contributed by atoms with Crippen molar-refractivity contribution in [3.63, 3.8) is 0 Å². The third kappa shape index (κ3) is 5.67. The van der Waals surface area contributed by atoms with Crippen LogP contribution in [0.15, 0.2) is 213 Å². The maximum absolute atomic E-state index is 7.06. The molecule has 0 aliphatic heterocycles. The quantitative estimate of drug-likeness (QED) is 0.176. The Morgan fingerprint density at radius 2 is 0.732 bits per heavy atom. The minimum atomic E-state index is -0.379. The van der Waals surface area contributed by atoms with Crippen molar-refractivity contribution in [2.75, 3.05) is 4.90 Å². The molecule has 392 valence electrons. The van der Waals surface area contributed by atoms with E-state index in [1.54, 1.807) is 0 Å². The fourth-order valence-corrected chi connectivity index (χ4v) is 16.3. The molecule has 14 aromatic rings. The minimum absolute atomic E-state index is 0.137. The van der Waals surface area contributed by atoms with E-state index >= 15 is 0 Å². The normalized spacial score (nSPS) is 16.0. The van der Waals surface area contributed by atoms with Gasteiger partial charge in [0.2, 0.25) is 0 Å². The second kappa shape index (κ2) is 15.3. The van der Waals surface area contributed by atoms with Gasteiger partial charge in [-0.1, -0.05) is 183 Å². The Kier molecular flexibility index (Phi) is 8.67. The van der Waals surface area contributed by atoms with E-state index in [-0.39, 0.29) is 21.7 Å². The van der Waals surface area contributed by atoms with Crippen LogP contribution < -0.4 is 4.90 Å². The first-order valence-electron chi connectivity index (χ1n) is 29.1. The van der Waals surface area contributed by atoms with E-state index in [9.17, 15) is 0 Å². The van der Waals surface area contributed by atoms with Gasteiger partial charge in [0.05, 0.1) is 0 Å². The van der Waals surface area contributed by atoms with Crippen LogP contribution in [-0.2, 0) is 21.7 Å². The lowest BCUT2D eigenvalue weighted by Gasteiger charge is -2.32. The van der Waals surface area contributed by atoms with Gasteiger partial charge in [0.15, 0.2) is 0 Å². The monoisotopic (exact) mass is 1060 g/mol. The number of hydrogen-bond donors (Lipinski definition) is 0. The van der Waals surface area contributed by atoms with Gasteiger partial charge < -0.3 is 18.2 Å². The molecule has 0 amide bonds. The van der Waals surface area contributed by atoms with E-state index in [0.29, 0.717) is 0 Å². The van der Waals surface area contributed by atoms with Crippen molar-refractivity contribution in [1.29, 1.82) is 0 Å². The summed E-state index contributed by atoms with van der Waals surface area (Å²) in [6, 6.07) is 74.3. The number of benzene rings is 11. The second-order valence-electron chi connectivity index (χ2n) is 25.9. The van der Waals surface area contributed by atoms with Crippen molar-refractivity contribution < 1.29 is 13.3 Å². The zero-order valence-electron chi connectivity index (χ0n) is 47.2. The predicted octanol–water partition coefficient (Wildman–Crippen LogP) is 21.7. The molecule has 0 atom stereocenters. The van der Waals surface area contributed by atoms with Crippen LogP contribution in [0.5, 0.6) is 0 Å². The van der Waals surface area contributed by atoms with Gasteiger partial charge in [-0.25, -0.2) is 0 Å². The van der Waals surface area contributed by atoms with Gasteiger partial charge in [-0.2, -0.15) is 0 Å². The molecule has 0 saturated carbocycles. The van der Waals surface area contributed by atoms with Gasteiger partial charge >= 0.3 is 0 Å². The Labute approximate surface area is 475 Å². The molecule has 3 aromatic heterocycles. The number of fused-ring (bicyclic) bond motifs is 25. The third-order valence-corrected chi connectivity index (χ3v) is 20.2. The number of nitrogens with zero attached hydrogens (tertiary/aromatic N) is 1. The van der Waals surface area contributed by atoms with Gasteiger partial charge in [-0.15, -0.1) is 0 Å². The van der Waals surface area contributed by atoms with Crippen LogP contribution in [0.25, 0.3) is 121 Å². The molecular formula is C78H57NO3. The van der Waals surface area contributed by atoms with E-state index in [1.165, 1.54) is 105 Å². The van der Waals surface area contributed by atoms with Crippen molar-refractivity contribution in [2.45, 2.75) is 77.0 Å². The van der Waals surface area contributed by atoms with Crippen molar-refractivity contribution in [3.05, 3.63) is 245 Å². The molecule has 0 unspecified atom stereocenters. The minimum Gasteiger partial charge on any atom is -0.456 e. The first-order chi connectivity index (χ1) is 39.7. The smallest absolute Gasteiger partial charge is 0.144 e. The molecule has 0 saturated heterocycles. The molecule has 4 nitrogen and oxygen atoms in total. The molecule has 18 rings (SSSR count). The summed E-state index contributed by atoms with van der Waals surface area (Å²) in [5.41, 5.74) is 30.9. The van der Waals surface area contributed by atoms with Crippen LogP contribution in [0.4, 0.5) is 17.1 Å². The summed E-state index contributed by atoms with van der Waals surface area (Å²) in [6.45, 7) is 19.3. The van der Waals surface area contributed by atoms with E-state index in [0.717, 1.165) is 77.7 Å². The zero-order valence-corrected chi connectivity index (χ0v) is 47.2. The molecular weight excluding hydrogens is 999 g/mol. The molecule has 4 aliphatic rings. The SMILES string of the molecule is CC1(C)c2ccccc2-c2ccc(-c3cc4c(c5c3oc3ccccc35)-c3ccc(N(c5ccc6c(c5)C(C)(C)c5c7c(c8oc9ccccc9c8c5-6)-c5ccccc5C7(C)C)c5ccc6oc7ccccc7c6c5)cc3C4(C)C)cc21. The van der Waals surface area contributed by atoms with Gasteiger partial charge in [0, 0.05) is 82.2 Å². The molecule has 0 spiro atoms. The highest BCUT2D eigenvalue weighted by molar-refractivity contribution is 6.22. The molecule has 0 N–H and O–H groups in total. The lowest BCUT2D eigenvalue weighted by molar-refractivity contribution is 0.600. The van der Waals surface area contributed by atoms with E-state index in [1.807, 2.05) is 0 Å². The van der Waals surface area contributed by atoms with Crippen molar-refractivity contribution in [3.8, 4) is 55.6 Å². The van der Waals surface area contributed by atoms with Crippen molar-refractivity contribution in [1.82, 2.24) is 0 Å². The number of furan rings is 3. The van der Waals surface area contributed by atoms with Gasteiger partial charge in [0.25, 0.3) is 0 Å². The van der Waals surface area contributed by atoms with E-state index in [4.69, 9.17) is 13.3 Å². The fraction of sp³-hybridized carbons (Fsp3) is 0.154. The number of rotatable bonds is 4. The maximum atomic E-state index is 7.06. The van der Waals surface area contributed by atoms with Gasteiger partial charge in [0.1, 0.15) is 33.5 Å². The van der Waals surface area contributed by atoms with E-state index in [2.05, 4.69) is 260 Å². The van der Waals surface area contributed by atoms with Crippen LogP contribution in [0.1, 0.15) is 99.9 Å². The Hall–Kier alpha value is -9.38. The average Bonchev–Trinajstić information content (AvgIpc) is 1.66. The standard InChI is InChI=1S/C78H57NO3/c1-75(2)56-24-14-9-19-46(56)47-33-29-42(37-58(47)75)54-41-61-66(68-52-22-12-17-27-63(52)81-73(54)68)50-34-30-44(39-59(50)76(61,3)4)79(43-32-36-65-55(38-43)48-20-11-16-26-62(48)80-65)45-31-35-51-60(40-45)78(7,8)71-67(51)69-53-23-13-18-28-64(53)82-74(69)70-49-21-10-15-25-57(49)77(5,6)72(70)71/h9-41H,1-8H3. The lowest BCUT2D eigenvalue weighted by Crippen LogP contribution is -2.24. The summed E-state index contributed by atoms with van der Waals surface area (Å²) >= 11 is 0. The van der Waals surface area contributed by atoms with Crippen LogP contribution in [0, 0.1) is 0 Å². The topological polar surface area (TPSA) is 42.7 Å². The lowest BCUT2D eigenvalue weighted by atomic mass is 9.72. The Morgan fingerprint density at radius 1 is 0.280 bits per heavy atom. The molecule has 11 aromatic carbocycles. The molecule has 0 radical (unpaired) electrons. The highest BCUT2D eigenvalue weighted by atomic mass is 16.3. The molecule has 4 aliphatic carbocycles. The largest absolute Gasteiger partial charge is 0.456 e. The molecule has 0 bridgehead atoms. The highest BCUT2D eigenvalue weighted by Gasteiger charge is 2.49. The van der Waals surface area contributed by atoms with E-state index < -0.39 is 0 Å². The number of anilines is 3. The molecule has 4 heteroatoms. The Balaban J connectivity index is 0.851. The Morgan fingerprint density at radius 3 is 1.44 bits per heavy atom. The second-order valence-corrected chi connectivity index (χ2v) is 25.9. The van der Waals surface area contributed by atoms with Gasteiger partial charge in [-0.05, 0) is 162 Å². The molecule has 82 heavy (non-hydrogen) atoms. The summed E-state index contributed by atoms with van der Waals surface area (Å²) in [7, 11) is 0. The van der Waals surface area contributed by atoms with Crippen molar-refractivity contribution in [2.24, 2.45) is 0 Å². The van der Waals surface area contributed by atoms with Crippen LogP contribution >= 0.6 is 0 Å². The predicted molar refractivity (Wildman–Crippen MR) is 339 cm³/mol. The van der Waals surface area contributed by atoms with Crippen LogP contribution in [0.3, 0.4) is 0 Å². The summed E-state index contributed by atoms with van der Waals surface area (Å²) in [6.07, 6.45) is 0. The maximum Gasteiger partial charge on any atom is 0.144 e. The zero-order chi connectivity index (χ0) is 55.1. The summed E-state index contributed by atoms with van der Waals surface area (Å²) < 4.78 is 20.6. The molecule has 3 heterocycles. The van der Waals surface area contributed by atoms with Crippen LogP contribution in [0.2, 0.25) is 0 Å².